The quantitative estimate of drug-likeness (QED) is 0.694. The smallest absolute Gasteiger partial charge is 0.243 e. The third kappa shape index (κ3) is 4.28. The molecule has 0 spiro atoms. The van der Waals surface area contributed by atoms with Crippen LogP contribution >= 0.6 is 15.9 Å². The molecule has 0 amide bonds. The van der Waals surface area contributed by atoms with Gasteiger partial charge in [-0.05, 0) is 49.4 Å². The molecule has 2 rings (SSSR count). The minimum atomic E-state index is -3.60. The Morgan fingerprint density at radius 1 is 1.12 bits per heavy atom. The van der Waals surface area contributed by atoms with Gasteiger partial charge in [-0.2, -0.15) is 4.31 Å². The lowest BCUT2D eigenvalue weighted by Gasteiger charge is -2.19. The maximum atomic E-state index is 12.7. The van der Waals surface area contributed by atoms with Crippen molar-refractivity contribution >= 4 is 26.0 Å². The normalized spacial score (nSPS) is 11.5. The Morgan fingerprint density at radius 2 is 1.79 bits per heavy atom. The highest BCUT2D eigenvalue weighted by atomic mass is 79.9. The Morgan fingerprint density at radius 3 is 2.38 bits per heavy atom. The van der Waals surface area contributed by atoms with E-state index >= 15 is 0 Å². The predicted octanol–water partition coefficient (Wildman–Crippen LogP) is 3.68. The largest absolute Gasteiger partial charge is 0.496 e. The average molecular weight is 414 g/mol. The second-order valence-electron chi connectivity index (χ2n) is 5.12. The van der Waals surface area contributed by atoms with Gasteiger partial charge in [0, 0.05) is 23.6 Å². The molecule has 2 aromatic carbocycles. The summed E-state index contributed by atoms with van der Waals surface area (Å²) in [4.78, 5) is 0.224. The van der Waals surface area contributed by atoms with Crippen LogP contribution in [-0.2, 0) is 16.6 Å². The lowest BCUT2D eigenvalue weighted by atomic mass is 10.2. The Hall–Kier alpha value is -1.57. The molecule has 0 unspecified atom stereocenters. The minimum absolute atomic E-state index is 0.207. The van der Waals surface area contributed by atoms with Crippen molar-refractivity contribution in [3.63, 3.8) is 0 Å². The molecule has 2 aromatic rings. The number of rotatable bonds is 7. The van der Waals surface area contributed by atoms with Gasteiger partial charge >= 0.3 is 0 Å². The number of halogens is 1. The zero-order chi connectivity index (χ0) is 17.7. The van der Waals surface area contributed by atoms with Crippen molar-refractivity contribution in [2.24, 2.45) is 0 Å². The van der Waals surface area contributed by atoms with Gasteiger partial charge in [0.1, 0.15) is 11.5 Å². The fraction of sp³-hybridized carbons (Fsp3) is 0.294. The van der Waals surface area contributed by atoms with Crippen LogP contribution in [0.4, 0.5) is 0 Å². The van der Waals surface area contributed by atoms with E-state index in [0.717, 1.165) is 10.0 Å². The summed E-state index contributed by atoms with van der Waals surface area (Å²) in [5.41, 5.74) is 0.781. The van der Waals surface area contributed by atoms with Crippen molar-refractivity contribution in [2.45, 2.75) is 18.4 Å². The summed E-state index contributed by atoms with van der Waals surface area (Å²) in [6.07, 6.45) is 0. The molecule has 130 valence electrons. The van der Waals surface area contributed by atoms with E-state index < -0.39 is 10.0 Å². The zero-order valence-electron chi connectivity index (χ0n) is 13.8. The molecule has 0 aliphatic rings. The van der Waals surface area contributed by atoms with Crippen molar-refractivity contribution in [1.82, 2.24) is 4.31 Å². The summed E-state index contributed by atoms with van der Waals surface area (Å²) in [6, 6.07) is 11.9. The fourth-order valence-corrected chi connectivity index (χ4v) is 3.81. The van der Waals surface area contributed by atoms with Crippen molar-refractivity contribution < 1.29 is 17.9 Å². The van der Waals surface area contributed by atoms with Crippen LogP contribution in [0, 0.1) is 0 Å². The average Bonchev–Trinajstić information content (AvgIpc) is 2.56. The Labute approximate surface area is 151 Å². The predicted molar refractivity (Wildman–Crippen MR) is 97.0 cm³/mol. The molecule has 0 aliphatic heterocycles. The second-order valence-corrected chi connectivity index (χ2v) is 8.08. The molecule has 0 aromatic heterocycles. The zero-order valence-corrected chi connectivity index (χ0v) is 16.2. The molecule has 0 aliphatic carbocycles. The number of nitrogens with zero attached hydrogens (tertiary/aromatic N) is 1. The van der Waals surface area contributed by atoms with Gasteiger partial charge < -0.3 is 9.47 Å². The van der Waals surface area contributed by atoms with Crippen molar-refractivity contribution in [3.05, 3.63) is 52.5 Å². The molecular weight excluding hydrogens is 394 g/mol. The summed E-state index contributed by atoms with van der Waals surface area (Å²) in [6.45, 7) is 2.62. The summed E-state index contributed by atoms with van der Waals surface area (Å²) < 4.78 is 38.3. The number of hydrogen-bond donors (Lipinski definition) is 0. The first-order valence-corrected chi connectivity index (χ1v) is 9.63. The molecule has 0 fully saturated rings. The topological polar surface area (TPSA) is 55.8 Å². The first-order chi connectivity index (χ1) is 11.4. The van der Waals surface area contributed by atoms with E-state index in [4.69, 9.17) is 9.47 Å². The van der Waals surface area contributed by atoms with E-state index in [1.165, 1.54) is 4.31 Å². The van der Waals surface area contributed by atoms with E-state index in [1.54, 1.807) is 44.5 Å². The van der Waals surface area contributed by atoms with Crippen molar-refractivity contribution in [3.8, 4) is 11.5 Å². The van der Waals surface area contributed by atoms with Gasteiger partial charge in [0.2, 0.25) is 10.0 Å². The highest BCUT2D eigenvalue weighted by Gasteiger charge is 2.22. The monoisotopic (exact) mass is 413 g/mol. The fourth-order valence-electron chi connectivity index (χ4n) is 2.25. The Bertz CT molecular complexity index is 791. The summed E-state index contributed by atoms with van der Waals surface area (Å²) >= 11 is 3.40. The van der Waals surface area contributed by atoms with Crippen molar-refractivity contribution in [1.29, 1.82) is 0 Å². The van der Waals surface area contributed by atoms with E-state index in [0.29, 0.717) is 18.1 Å². The van der Waals surface area contributed by atoms with Crippen LogP contribution < -0.4 is 9.47 Å². The second kappa shape index (κ2) is 8.00. The maximum absolute atomic E-state index is 12.7. The van der Waals surface area contributed by atoms with Gasteiger partial charge in [-0.3, -0.25) is 0 Å². The maximum Gasteiger partial charge on any atom is 0.243 e. The molecule has 0 radical (unpaired) electrons. The third-order valence-corrected chi connectivity index (χ3v) is 5.79. The molecule has 24 heavy (non-hydrogen) atoms. The number of ether oxygens (including phenoxy) is 2. The number of methoxy groups -OCH3 is 1. The first kappa shape index (κ1) is 18.8. The highest BCUT2D eigenvalue weighted by molar-refractivity contribution is 9.10. The summed E-state index contributed by atoms with van der Waals surface area (Å²) in [5.74, 6) is 1.29. The van der Waals surface area contributed by atoms with Crippen LogP contribution in [0.2, 0.25) is 0 Å². The lowest BCUT2D eigenvalue weighted by molar-refractivity contribution is 0.340. The molecule has 7 heteroatoms. The van der Waals surface area contributed by atoms with Gasteiger partial charge in [-0.15, -0.1) is 0 Å². The lowest BCUT2D eigenvalue weighted by Crippen LogP contribution is -2.26. The number of sulfonamides is 1. The van der Waals surface area contributed by atoms with Crippen molar-refractivity contribution in [2.75, 3.05) is 20.8 Å². The van der Waals surface area contributed by atoms with Crippen LogP contribution in [0.5, 0.6) is 11.5 Å². The van der Waals surface area contributed by atoms with E-state index in [2.05, 4.69) is 15.9 Å². The van der Waals surface area contributed by atoms with Crippen LogP contribution in [0.1, 0.15) is 12.5 Å². The molecule has 0 heterocycles. The standard InChI is InChI=1S/C17H20BrNO4S/c1-4-23-15-6-8-16(9-7-15)24(20,21)19(2)12-13-11-14(18)5-10-17(13)22-3/h5-11H,4,12H2,1-3H3. The summed E-state index contributed by atoms with van der Waals surface area (Å²) in [5, 5.41) is 0. The molecule has 5 nitrogen and oxygen atoms in total. The van der Waals surface area contributed by atoms with E-state index in [1.807, 2.05) is 19.1 Å². The van der Waals surface area contributed by atoms with E-state index in [9.17, 15) is 8.42 Å². The third-order valence-electron chi connectivity index (χ3n) is 3.48. The van der Waals surface area contributed by atoms with Gasteiger partial charge in [0.05, 0.1) is 18.6 Å². The Kier molecular flexibility index (Phi) is 6.26. The van der Waals surface area contributed by atoms with Gasteiger partial charge in [-0.1, -0.05) is 15.9 Å². The summed E-state index contributed by atoms with van der Waals surface area (Å²) in [7, 11) is -0.489. The van der Waals surface area contributed by atoms with Crippen LogP contribution in [-0.4, -0.2) is 33.5 Å². The minimum Gasteiger partial charge on any atom is -0.496 e. The molecular formula is C17H20BrNO4S. The molecule has 0 saturated heterocycles. The Balaban J connectivity index is 2.24. The molecule has 0 saturated carbocycles. The SMILES string of the molecule is CCOc1ccc(S(=O)(=O)N(C)Cc2cc(Br)ccc2OC)cc1. The van der Waals surface area contributed by atoms with Crippen LogP contribution in [0.25, 0.3) is 0 Å². The number of benzene rings is 2. The van der Waals surface area contributed by atoms with Gasteiger partial charge in [0.25, 0.3) is 0 Å². The van der Waals surface area contributed by atoms with Crippen LogP contribution in [0.15, 0.2) is 51.8 Å². The molecule has 0 atom stereocenters. The molecule has 0 N–H and O–H groups in total. The van der Waals surface area contributed by atoms with Crippen LogP contribution in [0.3, 0.4) is 0 Å². The van der Waals surface area contributed by atoms with E-state index in [-0.39, 0.29) is 11.4 Å². The number of hydrogen-bond acceptors (Lipinski definition) is 4. The highest BCUT2D eigenvalue weighted by Crippen LogP contribution is 2.26. The van der Waals surface area contributed by atoms with Gasteiger partial charge in [-0.25, -0.2) is 8.42 Å². The first-order valence-electron chi connectivity index (χ1n) is 7.40. The molecule has 0 bridgehead atoms. The van der Waals surface area contributed by atoms with Gasteiger partial charge in [0.15, 0.2) is 0 Å².